The summed E-state index contributed by atoms with van der Waals surface area (Å²) in [7, 11) is 0. The minimum absolute atomic E-state index is 0.0186. The number of hydrogen-bond donors (Lipinski definition) is 0. The summed E-state index contributed by atoms with van der Waals surface area (Å²) in [4.78, 5) is 23.1. The molecular formula is C29H30N4O2. The molecule has 3 aromatic carbocycles. The first kappa shape index (κ1) is 22.9. The number of aromatic nitrogens is 2. The van der Waals surface area contributed by atoms with Crippen LogP contribution in [0.1, 0.15) is 29.3 Å². The molecule has 0 aliphatic carbocycles. The summed E-state index contributed by atoms with van der Waals surface area (Å²) in [6, 6.07) is 28.4. The molecule has 6 nitrogen and oxygen atoms in total. The highest BCUT2D eigenvalue weighted by Gasteiger charge is 2.28. The summed E-state index contributed by atoms with van der Waals surface area (Å²) in [5.41, 5.74) is 4.83. The van der Waals surface area contributed by atoms with Crippen molar-refractivity contribution < 1.29 is 4.74 Å². The molecule has 0 spiro atoms. The number of ether oxygens (including phenoxy) is 1. The van der Waals surface area contributed by atoms with E-state index in [4.69, 9.17) is 9.72 Å². The zero-order valence-electron chi connectivity index (χ0n) is 20.2. The number of nitrogens with zero attached hydrogens (tertiary/aromatic N) is 4. The van der Waals surface area contributed by atoms with Crippen molar-refractivity contribution in [3.05, 3.63) is 118 Å². The van der Waals surface area contributed by atoms with Gasteiger partial charge in [0.2, 0.25) is 5.95 Å². The van der Waals surface area contributed by atoms with E-state index >= 15 is 0 Å². The lowest BCUT2D eigenvalue weighted by Crippen LogP contribution is -2.47. The summed E-state index contributed by atoms with van der Waals surface area (Å²) in [6.07, 6.45) is 0.570. The Hall–Kier alpha value is -3.90. The average Bonchev–Trinajstić information content (AvgIpc) is 2.89. The Morgan fingerprint density at radius 2 is 1.51 bits per heavy atom. The SMILES string of the molecule is CCOc1ccc(N2CN(Cc3ccccc3)Cn3c2nc(C)c(Cc2ccccc2)c3=O)cc1. The van der Waals surface area contributed by atoms with Gasteiger partial charge < -0.3 is 4.74 Å². The van der Waals surface area contributed by atoms with Gasteiger partial charge >= 0.3 is 0 Å². The Balaban J connectivity index is 1.55. The summed E-state index contributed by atoms with van der Waals surface area (Å²) in [5, 5.41) is 0. The van der Waals surface area contributed by atoms with E-state index in [0.717, 1.165) is 34.8 Å². The highest BCUT2D eigenvalue weighted by Crippen LogP contribution is 2.30. The molecule has 1 aliphatic heterocycles. The van der Waals surface area contributed by atoms with E-state index in [1.807, 2.05) is 79.1 Å². The molecule has 1 aliphatic rings. The third-order valence-corrected chi connectivity index (χ3v) is 6.31. The van der Waals surface area contributed by atoms with Gasteiger partial charge in [0, 0.05) is 24.2 Å². The molecule has 0 atom stereocenters. The van der Waals surface area contributed by atoms with Gasteiger partial charge in [-0.15, -0.1) is 0 Å². The number of aryl methyl sites for hydroxylation is 1. The first-order chi connectivity index (χ1) is 17.1. The maximum absolute atomic E-state index is 13.8. The Bertz CT molecular complexity index is 1340. The van der Waals surface area contributed by atoms with Crippen LogP contribution in [0.2, 0.25) is 0 Å². The molecule has 6 heteroatoms. The largest absolute Gasteiger partial charge is 0.494 e. The number of fused-ring (bicyclic) bond motifs is 1. The van der Waals surface area contributed by atoms with Gasteiger partial charge in [-0.3, -0.25) is 19.2 Å². The zero-order chi connectivity index (χ0) is 24.2. The van der Waals surface area contributed by atoms with E-state index in [2.05, 4.69) is 34.1 Å². The van der Waals surface area contributed by atoms with E-state index in [-0.39, 0.29) is 5.56 Å². The van der Waals surface area contributed by atoms with Gasteiger partial charge in [0.05, 0.1) is 25.6 Å². The van der Waals surface area contributed by atoms with E-state index in [1.54, 1.807) is 0 Å². The zero-order valence-corrected chi connectivity index (χ0v) is 20.2. The van der Waals surface area contributed by atoms with E-state index in [0.29, 0.717) is 32.3 Å². The van der Waals surface area contributed by atoms with E-state index < -0.39 is 0 Å². The van der Waals surface area contributed by atoms with Crippen LogP contribution in [0.5, 0.6) is 5.75 Å². The summed E-state index contributed by atoms with van der Waals surface area (Å²) in [5.74, 6) is 1.51. The fourth-order valence-electron chi connectivity index (χ4n) is 4.56. The lowest BCUT2D eigenvalue weighted by Gasteiger charge is -2.38. The number of benzene rings is 3. The molecule has 178 valence electrons. The third-order valence-electron chi connectivity index (χ3n) is 6.31. The quantitative estimate of drug-likeness (QED) is 0.379. The van der Waals surface area contributed by atoms with Crippen molar-refractivity contribution in [3.63, 3.8) is 0 Å². The molecule has 0 saturated heterocycles. The van der Waals surface area contributed by atoms with Gasteiger partial charge in [0.15, 0.2) is 0 Å². The molecule has 0 saturated carbocycles. The predicted octanol–water partition coefficient (Wildman–Crippen LogP) is 5.11. The fraction of sp³-hybridized carbons (Fsp3) is 0.241. The van der Waals surface area contributed by atoms with Crippen LogP contribution >= 0.6 is 0 Å². The molecule has 35 heavy (non-hydrogen) atoms. The summed E-state index contributed by atoms with van der Waals surface area (Å²) >= 11 is 0. The Morgan fingerprint density at radius 3 is 2.17 bits per heavy atom. The van der Waals surface area contributed by atoms with Crippen LogP contribution in [0.15, 0.2) is 89.7 Å². The van der Waals surface area contributed by atoms with Crippen molar-refractivity contribution in [2.24, 2.45) is 0 Å². The minimum Gasteiger partial charge on any atom is -0.494 e. The maximum Gasteiger partial charge on any atom is 0.259 e. The van der Waals surface area contributed by atoms with Gasteiger partial charge in [-0.25, -0.2) is 4.98 Å². The minimum atomic E-state index is 0.0186. The lowest BCUT2D eigenvalue weighted by atomic mass is 10.1. The van der Waals surface area contributed by atoms with Crippen LogP contribution in [0, 0.1) is 6.92 Å². The van der Waals surface area contributed by atoms with Gasteiger partial charge in [-0.1, -0.05) is 60.7 Å². The van der Waals surface area contributed by atoms with E-state index in [9.17, 15) is 4.79 Å². The third kappa shape index (κ3) is 4.98. The maximum atomic E-state index is 13.8. The van der Waals surface area contributed by atoms with Crippen molar-refractivity contribution in [3.8, 4) is 5.75 Å². The van der Waals surface area contributed by atoms with Crippen LogP contribution in [-0.4, -0.2) is 27.7 Å². The normalized spacial score (nSPS) is 13.5. The second kappa shape index (κ2) is 10.2. The highest BCUT2D eigenvalue weighted by molar-refractivity contribution is 5.59. The molecule has 0 N–H and O–H groups in total. The van der Waals surface area contributed by atoms with Crippen LogP contribution in [0.25, 0.3) is 0 Å². The van der Waals surface area contributed by atoms with Crippen LogP contribution in [-0.2, 0) is 19.6 Å². The molecule has 2 heterocycles. The highest BCUT2D eigenvalue weighted by atomic mass is 16.5. The monoisotopic (exact) mass is 466 g/mol. The molecule has 0 bridgehead atoms. The van der Waals surface area contributed by atoms with Gasteiger partial charge in [-0.05, 0) is 49.2 Å². The molecule has 0 fully saturated rings. The lowest BCUT2D eigenvalue weighted by molar-refractivity contribution is 0.189. The molecular weight excluding hydrogens is 436 g/mol. The number of anilines is 2. The first-order valence-electron chi connectivity index (χ1n) is 12.0. The molecule has 0 unspecified atom stereocenters. The van der Waals surface area contributed by atoms with Crippen molar-refractivity contribution in [2.75, 3.05) is 18.2 Å². The second-order valence-corrected chi connectivity index (χ2v) is 8.82. The van der Waals surface area contributed by atoms with Crippen molar-refractivity contribution in [1.82, 2.24) is 14.5 Å². The number of hydrogen-bond acceptors (Lipinski definition) is 5. The Morgan fingerprint density at radius 1 is 0.857 bits per heavy atom. The molecule has 0 amide bonds. The smallest absolute Gasteiger partial charge is 0.259 e. The summed E-state index contributed by atoms with van der Waals surface area (Å²) < 4.78 is 7.44. The predicted molar refractivity (Wildman–Crippen MR) is 139 cm³/mol. The number of rotatable bonds is 7. The molecule has 1 aromatic heterocycles. The second-order valence-electron chi connectivity index (χ2n) is 8.82. The van der Waals surface area contributed by atoms with Crippen molar-refractivity contribution in [1.29, 1.82) is 0 Å². The average molecular weight is 467 g/mol. The topological polar surface area (TPSA) is 50.6 Å². The molecule has 0 radical (unpaired) electrons. The van der Waals surface area contributed by atoms with Crippen molar-refractivity contribution in [2.45, 2.75) is 33.5 Å². The van der Waals surface area contributed by atoms with Gasteiger partial charge in [0.25, 0.3) is 5.56 Å². The summed E-state index contributed by atoms with van der Waals surface area (Å²) in [6.45, 7) is 6.40. The van der Waals surface area contributed by atoms with Crippen LogP contribution < -0.4 is 15.2 Å². The fourth-order valence-corrected chi connectivity index (χ4v) is 4.56. The Kier molecular flexibility index (Phi) is 6.64. The van der Waals surface area contributed by atoms with Crippen LogP contribution in [0.3, 0.4) is 0 Å². The Labute approximate surface area is 206 Å². The standard InChI is InChI=1S/C29H30N4O2/c1-3-35-26-16-14-25(15-17-26)32-20-31(19-24-12-8-5-9-13-24)21-33-28(34)27(22(2)30-29(32)33)18-23-10-6-4-7-11-23/h4-17H,3,18-21H2,1-2H3. The molecule has 5 rings (SSSR count). The van der Waals surface area contributed by atoms with Gasteiger partial charge in [-0.2, -0.15) is 0 Å². The van der Waals surface area contributed by atoms with E-state index in [1.165, 1.54) is 5.56 Å². The first-order valence-corrected chi connectivity index (χ1v) is 12.0. The van der Waals surface area contributed by atoms with Gasteiger partial charge in [0.1, 0.15) is 5.75 Å². The molecule has 4 aromatic rings. The van der Waals surface area contributed by atoms with Crippen molar-refractivity contribution >= 4 is 11.6 Å². The van der Waals surface area contributed by atoms with Crippen LogP contribution in [0.4, 0.5) is 11.6 Å².